The Labute approximate surface area is 182 Å². The number of halogens is 1. The summed E-state index contributed by atoms with van der Waals surface area (Å²) in [6, 6.07) is 8.51. The van der Waals surface area contributed by atoms with Crippen LogP contribution in [0.2, 0.25) is 0 Å². The Hall–Kier alpha value is -3.62. The Bertz CT molecular complexity index is 1120. The van der Waals surface area contributed by atoms with Gasteiger partial charge in [0.1, 0.15) is 5.82 Å². The molecule has 2 aliphatic carbocycles. The fraction of sp³-hybridized carbons (Fsp3) is 0.348. The number of non-ortho nitro benzene ring substituents is 1. The van der Waals surface area contributed by atoms with Gasteiger partial charge in [-0.2, -0.15) is 0 Å². The number of nitrogens with zero attached hydrogens (tertiary/aromatic N) is 2. The Balaban J connectivity index is 1.44. The number of amides is 2. The summed E-state index contributed by atoms with van der Waals surface area (Å²) in [6.07, 6.45) is 2.74. The van der Waals surface area contributed by atoms with Crippen molar-refractivity contribution >= 4 is 29.0 Å². The van der Waals surface area contributed by atoms with Crippen LogP contribution < -0.4 is 9.64 Å². The minimum absolute atomic E-state index is 0.0938. The lowest BCUT2D eigenvalue weighted by atomic mass is 9.81. The number of imide groups is 1. The van der Waals surface area contributed by atoms with Crippen LogP contribution in [-0.2, 0) is 9.59 Å². The highest BCUT2D eigenvalue weighted by molar-refractivity contribution is 6.23. The highest BCUT2D eigenvalue weighted by Gasteiger charge is 2.61. The molecule has 8 nitrogen and oxygen atoms in total. The van der Waals surface area contributed by atoms with Crippen LogP contribution >= 0.6 is 0 Å². The van der Waals surface area contributed by atoms with E-state index in [2.05, 4.69) is 0 Å². The lowest BCUT2D eigenvalue weighted by Gasteiger charge is -2.20. The molecule has 1 heterocycles. The number of ketones is 1. The van der Waals surface area contributed by atoms with Crippen molar-refractivity contribution in [2.45, 2.75) is 19.3 Å². The Morgan fingerprint density at radius 2 is 1.69 bits per heavy atom. The van der Waals surface area contributed by atoms with Gasteiger partial charge in [0.05, 0.1) is 28.5 Å². The molecule has 2 bridgehead atoms. The number of benzene rings is 2. The number of nitro groups is 1. The van der Waals surface area contributed by atoms with Crippen LogP contribution in [0.25, 0.3) is 0 Å². The second kappa shape index (κ2) is 7.51. The summed E-state index contributed by atoms with van der Waals surface area (Å²) in [5, 5.41) is 11.3. The van der Waals surface area contributed by atoms with E-state index < -0.39 is 23.1 Å². The summed E-state index contributed by atoms with van der Waals surface area (Å²) in [5.41, 5.74) is 0.0152. The summed E-state index contributed by atoms with van der Waals surface area (Å²) >= 11 is 0. The molecule has 1 aliphatic heterocycles. The number of rotatable bonds is 6. The average molecular weight is 438 g/mol. The number of carbonyl (C=O) groups excluding carboxylic acids is 3. The molecule has 5 rings (SSSR count). The first-order chi connectivity index (χ1) is 15.3. The SMILES string of the molecule is O=C(COc1cc([N+](=O)[O-])ccc1N1C(=O)C2C3CCC(C3)C2C1=O)c1ccc(F)cc1. The van der Waals surface area contributed by atoms with Crippen molar-refractivity contribution in [2.24, 2.45) is 23.7 Å². The molecule has 164 valence electrons. The lowest BCUT2D eigenvalue weighted by molar-refractivity contribution is -0.384. The zero-order valence-electron chi connectivity index (χ0n) is 16.9. The summed E-state index contributed by atoms with van der Waals surface area (Å²) in [5.74, 6) is -2.02. The van der Waals surface area contributed by atoms with E-state index in [-0.39, 0.29) is 58.2 Å². The highest BCUT2D eigenvalue weighted by Crippen LogP contribution is 2.57. The van der Waals surface area contributed by atoms with E-state index in [1.165, 1.54) is 24.3 Å². The monoisotopic (exact) mass is 438 g/mol. The molecule has 0 spiro atoms. The Kier molecular flexibility index (Phi) is 4.76. The van der Waals surface area contributed by atoms with Crippen molar-refractivity contribution < 1.29 is 28.4 Å². The lowest BCUT2D eigenvalue weighted by Crippen LogP contribution is -2.33. The molecule has 4 atom stereocenters. The number of anilines is 1. The number of ether oxygens (including phenoxy) is 1. The van der Waals surface area contributed by atoms with Crippen molar-refractivity contribution in [1.29, 1.82) is 0 Å². The fourth-order valence-electron chi connectivity index (χ4n) is 5.43. The van der Waals surface area contributed by atoms with E-state index >= 15 is 0 Å². The Morgan fingerprint density at radius 3 is 2.28 bits per heavy atom. The van der Waals surface area contributed by atoms with Gasteiger partial charge in [-0.1, -0.05) is 0 Å². The van der Waals surface area contributed by atoms with Gasteiger partial charge in [-0.05, 0) is 61.4 Å². The van der Waals surface area contributed by atoms with Gasteiger partial charge in [0.2, 0.25) is 11.8 Å². The van der Waals surface area contributed by atoms with Crippen LogP contribution in [0.4, 0.5) is 15.8 Å². The van der Waals surface area contributed by atoms with Crippen LogP contribution in [0.15, 0.2) is 42.5 Å². The number of nitro benzene ring substituents is 1. The van der Waals surface area contributed by atoms with E-state index in [4.69, 9.17) is 4.74 Å². The number of hydrogen-bond acceptors (Lipinski definition) is 6. The summed E-state index contributed by atoms with van der Waals surface area (Å²) in [7, 11) is 0. The molecule has 0 N–H and O–H groups in total. The van der Waals surface area contributed by atoms with Gasteiger partial charge in [-0.15, -0.1) is 0 Å². The number of Topliss-reactive ketones (excluding diaryl/α,β-unsaturated/α-hetero) is 1. The average Bonchev–Trinajstić information content (AvgIpc) is 3.46. The minimum Gasteiger partial charge on any atom is -0.483 e. The zero-order valence-corrected chi connectivity index (χ0v) is 16.9. The van der Waals surface area contributed by atoms with Crippen molar-refractivity contribution in [1.82, 2.24) is 0 Å². The van der Waals surface area contributed by atoms with Crippen molar-refractivity contribution in [3.8, 4) is 5.75 Å². The molecule has 2 aromatic carbocycles. The molecule has 4 unspecified atom stereocenters. The molecule has 2 amide bonds. The van der Waals surface area contributed by atoms with Gasteiger partial charge in [0.25, 0.3) is 5.69 Å². The predicted octanol–water partition coefficient (Wildman–Crippen LogP) is 3.53. The summed E-state index contributed by atoms with van der Waals surface area (Å²) < 4.78 is 18.7. The maximum absolute atomic E-state index is 13.2. The van der Waals surface area contributed by atoms with Gasteiger partial charge in [0, 0.05) is 11.6 Å². The largest absolute Gasteiger partial charge is 0.483 e. The molecule has 9 heteroatoms. The van der Waals surface area contributed by atoms with Crippen molar-refractivity contribution in [3.05, 3.63) is 64.0 Å². The van der Waals surface area contributed by atoms with Gasteiger partial charge in [-0.3, -0.25) is 24.5 Å². The Morgan fingerprint density at radius 1 is 1.06 bits per heavy atom. The van der Waals surface area contributed by atoms with Crippen molar-refractivity contribution in [3.63, 3.8) is 0 Å². The minimum atomic E-state index is -0.624. The molecule has 3 fully saturated rings. The molecule has 0 radical (unpaired) electrons. The molecule has 1 saturated heterocycles. The smallest absolute Gasteiger partial charge is 0.273 e. The third-order valence-corrected chi connectivity index (χ3v) is 6.85. The first-order valence-corrected chi connectivity index (χ1v) is 10.4. The molecule has 2 saturated carbocycles. The van der Waals surface area contributed by atoms with Crippen LogP contribution in [0.3, 0.4) is 0 Å². The summed E-state index contributed by atoms with van der Waals surface area (Å²) in [4.78, 5) is 50.5. The van der Waals surface area contributed by atoms with Crippen LogP contribution in [0.1, 0.15) is 29.6 Å². The molecular weight excluding hydrogens is 419 g/mol. The van der Waals surface area contributed by atoms with Crippen molar-refractivity contribution in [2.75, 3.05) is 11.5 Å². The highest BCUT2D eigenvalue weighted by atomic mass is 19.1. The second-order valence-electron chi connectivity index (χ2n) is 8.52. The topological polar surface area (TPSA) is 107 Å². The number of fused-ring (bicyclic) bond motifs is 5. The summed E-state index contributed by atoms with van der Waals surface area (Å²) in [6.45, 7) is -0.492. The second-order valence-corrected chi connectivity index (χ2v) is 8.52. The quantitative estimate of drug-likeness (QED) is 0.296. The first kappa shape index (κ1) is 20.3. The fourth-order valence-corrected chi connectivity index (χ4v) is 5.43. The normalized spacial score (nSPS) is 25.8. The van der Waals surface area contributed by atoms with E-state index in [0.29, 0.717) is 0 Å². The molecule has 3 aliphatic rings. The van der Waals surface area contributed by atoms with E-state index in [0.717, 1.165) is 42.4 Å². The number of hydrogen-bond donors (Lipinski definition) is 0. The van der Waals surface area contributed by atoms with Gasteiger partial charge in [0.15, 0.2) is 18.1 Å². The van der Waals surface area contributed by atoms with Gasteiger partial charge < -0.3 is 4.74 Å². The molecule has 0 aromatic heterocycles. The maximum Gasteiger partial charge on any atom is 0.273 e. The van der Waals surface area contributed by atoms with E-state index in [1.807, 2.05) is 0 Å². The molecular formula is C23H19FN2O6. The van der Waals surface area contributed by atoms with E-state index in [9.17, 15) is 28.9 Å². The number of carbonyl (C=O) groups is 3. The standard InChI is InChI=1S/C23H19FN2O6/c24-15-5-3-12(4-6-15)18(27)11-32-19-10-16(26(30)31)7-8-17(19)25-22(28)20-13-1-2-14(9-13)21(20)23(25)29/h3-8,10,13-14,20-21H,1-2,9,11H2. The zero-order chi connectivity index (χ0) is 22.6. The third kappa shape index (κ3) is 3.16. The van der Waals surface area contributed by atoms with Gasteiger partial charge >= 0.3 is 0 Å². The molecule has 2 aromatic rings. The van der Waals surface area contributed by atoms with Crippen LogP contribution in [0, 0.1) is 39.6 Å². The molecule has 32 heavy (non-hydrogen) atoms. The van der Waals surface area contributed by atoms with E-state index in [1.54, 1.807) is 0 Å². The third-order valence-electron chi connectivity index (χ3n) is 6.85. The predicted molar refractivity (Wildman–Crippen MR) is 110 cm³/mol. The van der Waals surface area contributed by atoms with Crippen LogP contribution in [0.5, 0.6) is 5.75 Å². The van der Waals surface area contributed by atoms with Gasteiger partial charge in [-0.25, -0.2) is 9.29 Å². The van der Waals surface area contributed by atoms with Crippen LogP contribution in [-0.4, -0.2) is 29.1 Å². The first-order valence-electron chi connectivity index (χ1n) is 10.4. The maximum atomic E-state index is 13.2.